The number of allylic oxidation sites excluding steroid dienone is 2. The Balaban J connectivity index is 1.18. The summed E-state index contributed by atoms with van der Waals surface area (Å²) in [5, 5.41) is 24.5. The highest BCUT2D eigenvalue weighted by Gasteiger charge is 2.59. The highest BCUT2D eigenvalue weighted by Crippen LogP contribution is 2.62. The van der Waals surface area contributed by atoms with Crippen molar-refractivity contribution in [1.29, 1.82) is 0 Å². The number of hydrogen-bond donors (Lipinski definition) is 2. The largest absolute Gasteiger partial charge is 0.446 e. The van der Waals surface area contributed by atoms with Gasteiger partial charge in [-0.05, 0) is 179 Å². The first kappa shape index (κ1) is 44.4. The van der Waals surface area contributed by atoms with Crippen molar-refractivity contribution in [3.05, 3.63) is 81.9 Å². The highest BCUT2D eigenvalue weighted by molar-refractivity contribution is 6.10. The normalized spacial score (nSPS) is 36.3. The summed E-state index contributed by atoms with van der Waals surface area (Å²) in [5.41, 5.74) is -0.185. The van der Waals surface area contributed by atoms with Gasteiger partial charge in [0.1, 0.15) is 6.10 Å². The monoisotopic (exact) mass is 846 g/mol. The third-order valence-electron chi connectivity index (χ3n) is 17.0. The van der Waals surface area contributed by atoms with Gasteiger partial charge >= 0.3 is 12.3 Å². The van der Waals surface area contributed by atoms with Gasteiger partial charge in [0.2, 0.25) is 0 Å². The molecule has 2 aromatic rings. The van der Waals surface area contributed by atoms with Crippen LogP contribution in [0.25, 0.3) is 0 Å². The molecule has 0 radical (unpaired) electrons. The van der Waals surface area contributed by atoms with E-state index in [0.29, 0.717) is 92.2 Å². The van der Waals surface area contributed by atoms with Gasteiger partial charge in [0.05, 0.1) is 23.8 Å². The van der Waals surface area contributed by atoms with Crippen molar-refractivity contribution in [2.24, 2.45) is 46.3 Å². The summed E-state index contributed by atoms with van der Waals surface area (Å²) in [6.07, 6.45) is 10.3. The molecule has 0 aromatic heterocycles. The number of amides is 1. The second-order valence-electron chi connectivity index (χ2n) is 21.9. The van der Waals surface area contributed by atoms with Crippen molar-refractivity contribution in [2.75, 3.05) is 13.1 Å². The maximum Gasteiger partial charge on any atom is 0.416 e. The number of rotatable bonds is 8. The molecule has 0 aliphatic heterocycles. The van der Waals surface area contributed by atoms with E-state index in [1.807, 2.05) is 17.0 Å². The lowest BCUT2D eigenvalue weighted by Gasteiger charge is -2.58. The van der Waals surface area contributed by atoms with Crippen LogP contribution in [0.5, 0.6) is 0 Å². The van der Waals surface area contributed by atoms with Gasteiger partial charge in [-0.3, -0.25) is 4.79 Å². The molecule has 334 valence electrons. The fourth-order valence-electron chi connectivity index (χ4n) is 14.0. The van der Waals surface area contributed by atoms with Crippen molar-refractivity contribution in [1.82, 2.24) is 4.90 Å². The van der Waals surface area contributed by atoms with Gasteiger partial charge in [-0.15, -0.1) is 0 Å². The number of fused-ring (bicyclic) bond motifs is 8. The van der Waals surface area contributed by atoms with Crippen LogP contribution in [0.15, 0.2) is 54.1 Å². The summed E-state index contributed by atoms with van der Waals surface area (Å²) < 4.78 is 48.5. The van der Waals surface area contributed by atoms with Crippen LogP contribution in [0.2, 0.25) is 0 Å². The fraction of sp³-hybridized carbons (Fsp3) is 0.692. The number of carbonyl (C=O) groups is 2. The summed E-state index contributed by atoms with van der Waals surface area (Å²) in [7, 11) is 0. The van der Waals surface area contributed by atoms with E-state index in [-0.39, 0.29) is 41.6 Å². The standard InChI is InChI=1S/C52H70F3NO5/c1-32(2)42-15-12-34(4)20-46(42)61-48(59)56(30-50-27-36-21-37(28-50)23-38(22-36)29-50)31-51(60)19-17-45-43-16-13-35(24-41(57)14-11-33(3)8-7-18-49(45,51)5)25-44(43)47(58)39-9-6-10-40(26-39)52(53,54)55/h6,8-10,13,16,25-26,32,34,36-38,41-42,45-46,57,60H,7,11-12,14-15,17-24,27-31H2,1-5H3. The van der Waals surface area contributed by atoms with E-state index in [0.717, 1.165) is 56.2 Å². The topological polar surface area (TPSA) is 87.1 Å². The van der Waals surface area contributed by atoms with E-state index in [2.05, 4.69) is 40.7 Å². The summed E-state index contributed by atoms with van der Waals surface area (Å²) in [6, 6.07) is 10.2. The molecule has 8 aliphatic carbocycles. The zero-order chi connectivity index (χ0) is 43.5. The Morgan fingerprint density at radius 1 is 0.918 bits per heavy atom. The molecule has 7 unspecified atom stereocenters. The SMILES string of the molecule is CC1=CCCC2(C)C(CCC2(O)CN(CC23CC4CC(CC(C4)C2)C3)C(=O)OC2CC(C)CCC2C(C)C)c2ccc(cc2C(=O)c2cccc(C(F)(F)F)c2)CC(O)CC1. The molecule has 9 heteroatoms. The number of hydrogen-bond acceptors (Lipinski definition) is 5. The number of carbonyl (C=O) groups excluding carboxylic acids is 2. The fourth-order valence-corrected chi connectivity index (χ4v) is 14.0. The van der Waals surface area contributed by atoms with Crippen LogP contribution in [0.4, 0.5) is 18.0 Å². The zero-order valence-electron chi connectivity index (χ0n) is 37.2. The predicted molar refractivity (Wildman–Crippen MR) is 232 cm³/mol. The van der Waals surface area contributed by atoms with E-state index < -0.39 is 34.6 Å². The number of nitrogens with zero attached hydrogens (tertiary/aromatic N) is 1. The Bertz CT molecular complexity index is 1940. The molecule has 2 aromatic carbocycles. The lowest BCUT2D eigenvalue weighted by molar-refractivity contribution is -0.137. The van der Waals surface area contributed by atoms with Gasteiger partial charge in [0.25, 0.3) is 0 Å². The smallest absolute Gasteiger partial charge is 0.416 e. The molecule has 2 N–H and O–H groups in total. The first-order chi connectivity index (χ1) is 28.8. The van der Waals surface area contributed by atoms with Crippen LogP contribution in [-0.2, 0) is 17.3 Å². The third-order valence-corrected chi connectivity index (χ3v) is 17.0. The maximum atomic E-state index is 15.0. The molecule has 10 rings (SSSR count). The molecular formula is C52H70F3NO5. The summed E-state index contributed by atoms with van der Waals surface area (Å²) in [5.74, 6) is 2.36. The minimum Gasteiger partial charge on any atom is -0.446 e. The molecule has 6 saturated carbocycles. The molecular weight excluding hydrogens is 776 g/mol. The van der Waals surface area contributed by atoms with Gasteiger partial charge in [-0.1, -0.05) is 70.0 Å². The van der Waals surface area contributed by atoms with E-state index in [4.69, 9.17) is 4.74 Å². The van der Waals surface area contributed by atoms with E-state index >= 15 is 0 Å². The lowest BCUT2D eigenvalue weighted by atomic mass is 9.49. The van der Waals surface area contributed by atoms with Crippen LogP contribution in [0.1, 0.15) is 169 Å². The first-order valence-corrected chi connectivity index (χ1v) is 23.7. The minimum absolute atomic E-state index is 0.00832. The minimum atomic E-state index is -4.61. The zero-order valence-corrected chi connectivity index (χ0v) is 37.2. The maximum absolute atomic E-state index is 15.0. The van der Waals surface area contributed by atoms with Crippen molar-refractivity contribution >= 4 is 11.9 Å². The van der Waals surface area contributed by atoms with Gasteiger partial charge in [0, 0.05) is 23.1 Å². The summed E-state index contributed by atoms with van der Waals surface area (Å²) in [4.78, 5) is 31.5. The van der Waals surface area contributed by atoms with Crippen LogP contribution < -0.4 is 0 Å². The van der Waals surface area contributed by atoms with Gasteiger partial charge in [0.15, 0.2) is 5.78 Å². The lowest BCUT2D eigenvalue weighted by Crippen LogP contribution is -2.58. The van der Waals surface area contributed by atoms with Gasteiger partial charge in [-0.2, -0.15) is 13.2 Å². The average Bonchev–Trinajstić information content (AvgIpc) is 3.43. The number of ether oxygens (including phenoxy) is 1. The quantitative estimate of drug-likeness (QED) is 0.204. The van der Waals surface area contributed by atoms with E-state index in [1.54, 1.807) is 6.07 Å². The van der Waals surface area contributed by atoms with Crippen LogP contribution >= 0.6 is 0 Å². The molecule has 0 spiro atoms. The van der Waals surface area contributed by atoms with E-state index in [9.17, 15) is 33.0 Å². The van der Waals surface area contributed by atoms with Gasteiger partial charge in [-0.25, -0.2) is 4.79 Å². The van der Waals surface area contributed by atoms with Crippen LogP contribution in [-0.4, -0.2) is 57.9 Å². The molecule has 6 fully saturated rings. The second-order valence-corrected chi connectivity index (χ2v) is 21.9. The molecule has 8 aliphatic rings. The molecule has 1 amide bonds. The number of ketones is 1. The molecule has 6 nitrogen and oxygen atoms in total. The molecule has 6 bridgehead atoms. The summed E-state index contributed by atoms with van der Waals surface area (Å²) in [6.45, 7) is 11.6. The molecule has 61 heavy (non-hydrogen) atoms. The Morgan fingerprint density at radius 3 is 2.30 bits per heavy atom. The number of benzene rings is 2. The Labute approximate surface area is 362 Å². The van der Waals surface area contributed by atoms with Crippen LogP contribution in [0, 0.1) is 46.3 Å². The van der Waals surface area contributed by atoms with Gasteiger partial charge < -0.3 is 19.8 Å². The second kappa shape index (κ2) is 17.1. The Hall–Kier alpha value is -3.17. The number of aliphatic hydroxyl groups is 2. The Morgan fingerprint density at radius 2 is 1.62 bits per heavy atom. The van der Waals surface area contributed by atoms with E-state index in [1.165, 1.54) is 37.0 Å². The van der Waals surface area contributed by atoms with Crippen molar-refractivity contribution in [3.63, 3.8) is 0 Å². The third kappa shape index (κ3) is 9.13. The van der Waals surface area contributed by atoms with Crippen molar-refractivity contribution < 1.29 is 37.7 Å². The van der Waals surface area contributed by atoms with Crippen molar-refractivity contribution in [3.8, 4) is 0 Å². The predicted octanol–water partition coefficient (Wildman–Crippen LogP) is 12.1. The molecule has 0 saturated heterocycles. The number of halogens is 3. The summed E-state index contributed by atoms with van der Waals surface area (Å²) >= 11 is 0. The highest BCUT2D eigenvalue weighted by atomic mass is 19.4. The molecule has 7 atom stereocenters. The van der Waals surface area contributed by atoms with Crippen LogP contribution in [0.3, 0.4) is 0 Å². The number of aliphatic hydroxyl groups excluding tert-OH is 1. The molecule has 0 heterocycles. The Kier molecular flexibility index (Phi) is 12.4. The first-order valence-electron chi connectivity index (χ1n) is 23.7. The number of alkyl halides is 3. The average molecular weight is 846 g/mol. The van der Waals surface area contributed by atoms with Crippen molar-refractivity contribution in [2.45, 2.75) is 167 Å².